The van der Waals surface area contributed by atoms with E-state index in [0.717, 1.165) is 5.56 Å². The molecule has 2 rings (SSSR count). The summed E-state index contributed by atoms with van der Waals surface area (Å²) in [6.45, 7) is 0.393. The van der Waals surface area contributed by atoms with E-state index in [0.29, 0.717) is 30.9 Å². The van der Waals surface area contributed by atoms with E-state index in [4.69, 9.17) is 14.7 Å². The topological polar surface area (TPSA) is 62.6 Å². The summed E-state index contributed by atoms with van der Waals surface area (Å²) in [7, 11) is 3.16. The highest BCUT2D eigenvalue weighted by Crippen LogP contribution is 2.28. The summed E-state index contributed by atoms with van der Waals surface area (Å²) in [6.07, 6.45) is 1.05. The minimum Gasteiger partial charge on any atom is -0.497 e. The first kappa shape index (κ1) is 13.2. The monoisotopic (exact) mass is 260 g/mol. The summed E-state index contributed by atoms with van der Waals surface area (Å²) >= 11 is 0. The number of carbonyl (C=O) groups excluding carboxylic acids is 1. The molecule has 5 nitrogen and oxygen atoms in total. The van der Waals surface area contributed by atoms with E-state index in [1.165, 1.54) is 0 Å². The van der Waals surface area contributed by atoms with Gasteiger partial charge in [-0.3, -0.25) is 4.79 Å². The molecule has 1 fully saturated rings. The number of methoxy groups -OCH3 is 2. The van der Waals surface area contributed by atoms with E-state index >= 15 is 0 Å². The number of amides is 1. The Hall–Kier alpha value is -2.22. The van der Waals surface area contributed by atoms with Crippen LogP contribution >= 0.6 is 0 Å². The van der Waals surface area contributed by atoms with Crippen molar-refractivity contribution in [3.63, 3.8) is 0 Å². The van der Waals surface area contributed by atoms with Crippen LogP contribution in [0.2, 0.25) is 0 Å². The predicted octanol–water partition coefficient (Wildman–Crippen LogP) is 1.72. The number of carbonyl (C=O) groups is 1. The van der Waals surface area contributed by atoms with E-state index in [1.54, 1.807) is 25.2 Å². The van der Waals surface area contributed by atoms with Gasteiger partial charge in [-0.05, 0) is 18.6 Å². The first-order valence-corrected chi connectivity index (χ1v) is 6.09. The lowest BCUT2D eigenvalue weighted by Gasteiger charge is -2.21. The molecule has 1 unspecified atom stereocenters. The van der Waals surface area contributed by atoms with Crippen LogP contribution < -0.4 is 9.47 Å². The molecule has 0 spiro atoms. The molecule has 1 aliphatic heterocycles. The predicted molar refractivity (Wildman–Crippen MR) is 68.7 cm³/mol. The summed E-state index contributed by atoms with van der Waals surface area (Å²) in [5, 5.41) is 9.05. The van der Waals surface area contributed by atoms with Gasteiger partial charge in [0.1, 0.15) is 17.5 Å². The van der Waals surface area contributed by atoms with Crippen LogP contribution in [0.5, 0.6) is 11.5 Å². The maximum absolute atomic E-state index is 11.8. The number of hydrogen-bond donors (Lipinski definition) is 0. The van der Waals surface area contributed by atoms with Gasteiger partial charge in [0.05, 0.1) is 26.8 Å². The molecule has 0 N–H and O–H groups in total. The van der Waals surface area contributed by atoms with E-state index in [9.17, 15) is 4.79 Å². The molecular formula is C14H16N2O3. The Labute approximate surface area is 112 Å². The average molecular weight is 260 g/mol. The molecule has 1 amide bonds. The SMILES string of the molecule is COc1ccc(CN2C(=O)CCC2C#N)c(OC)c1. The van der Waals surface area contributed by atoms with Gasteiger partial charge in [0.25, 0.3) is 0 Å². The van der Waals surface area contributed by atoms with Gasteiger partial charge in [0, 0.05) is 18.1 Å². The quantitative estimate of drug-likeness (QED) is 0.827. The van der Waals surface area contributed by atoms with Gasteiger partial charge in [-0.2, -0.15) is 5.26 Å². The summed E-state index contributed by atoms with van der Waals surface area (Å²) in [5.41, 5.74) is 0.874. The Balaban J connectivity index is 2.23. The first-order chi connectivity index (χ1) is 9.19. The maximum atomic E-state index is 11.8. The number of rotatable bonds is 4. The second-order valence-electron chi connectivity index (χ2n) is 4.38. The van der Waals surface area contributed by atoms with Crippen LogP contribution in [-0.4, -0.2) is 31.1 Å². The Morgan fingerprint density at radius 2 is 2.21 bits per heavy atom. The maximum Gasteiger partial charge on any atom is 0.224 e. The second kappa shape index (κ2) is 5.61. The zero-order chi connectivity index (χ0) is 13.8. The van der Waals surface area contributed by atoms with Crippen LogP contribution in [0, 0.1) is 11.3 Å². The molecule has 1 heterocycles. The first-order valence-electron chi connectivity index (χ1n) is 6.09. The molecule has 0 aromatic heterocycles. The van der Waals surface area contributed by atoms with Crippen LogP contribution in [0.15, 0.2) is 18.2 Å². The second-order valence-corrected chi connectivity index (χ2v) is 4.38. The van der Waals surface area contributed by atoms with Gasteiger partial charge >= 0.3 is 0 Å². The van der Waals surface area contributed by atoms with Crippen molar-refractivity contribution in [2.75, 3.05) is 14.2 Å². The van der Waals surface area contributed by atoms with Crippen molar-refractivity contribution in [1.29, 1.82) is 5.26 Å². The largest absolute Gasteiger partial charge is 0.497 e. The highest BCUT2D eigenvalue weighted by Gasteiger charge is 2.31. The van der Waals surface area contributed by atoms with Gasteiger partial charge in [0.15, 0.2) is 0 Å². The minimum absolute atomic E-state index is 0.0180. The van der Waals surface area contributed by atoms with Crippen molar-refractivity contribution >= 4 is 5.91 Å². The number of nitriles is 1. The van der Waals surface area contributed by atoms with Gasteiger partial charge in [-0.1, -0.05) is 0 Å². The molecule has 0 bridgehead atoms. The number of benzene rings is 1. The molecule has 1 aliphatic rings. The lowest BCUT2D eigenvalue weighted by molar-refractivity contribution is -0.128. The van der Waals surface area contributed by atoms with E-state index in [2.05, 4.69) is 6.07 Å². The Bertz CT molecular complexity index is 522. The minimum atomic E-state index is -0.334. The number of nitrogens with zero attached hydrogens (tertiary/aromatic N) is 2. The summed E-state index contributed by atoms with van der Waals surface area (Å²) < 4.78 is 10.4. The van der Waals surface area contributed by atoms with Gasteiger partial charge in [0.2, 0.25) is 5.91 Å². The van der Waals surface area contributed by atoms with Crippen LogP contribution in [0.4, 0.5) is 0 Å². The molecule has 5 heteroatoms. The Kier molecular flexibility index (Phi) is 3.91. The number of likely N-dealkylation sites (tertiary alicyclic amines) is 1. The molecule has 1 aromatic rings. The lowest BCUT2D eigenvalue weighted by atomic mass is 10.1. The molecule has 0 radical (unpaired) electrons. The fourth-order valence-electron chi connectivity index (χ4n) is 2.23. The van der Waals surface area contributed by atoms with E-state index in [1.807, 2.05) is 12.1 Å². The van der Waals surface area contributed by atoms with Gasteiger partial charge < -0.3 is 14.4 Å². The van der Waals surface area contributed by atoms with Crippen LogP contribution in [0.3, 0.4) is 0 Å². The molecule has 1 aromatic carbocycles. The summed E-state index contributed by atoms with van der Waals surface area (Å²) in [5.74, 6) is 1.38. The molecule has 1 saturated heterocycles. The highest BCUT2D eigenvalue weighted by atomic mass is 16.5. The summed E-state index contributed by atoms with van der Waals surface area (Å²) in [4.78, 5) is 13.4. The normalized spacial score (nSPS) is 18.3. The third-order valence-electron chi connectivity index (χ3n) is 3.31. The zero-order valence-electron chi connectivity index (χ0n) is 11.0. The summed E-state index contributed by atoms with van der Waals surface area (Å²) in [6, 6.07) is 7.28. The lowest BCUT2D eigenvalue weighted by Crippen LogP contribution is -2.31. The molecule has 0 saturated carbocycles. The Morgan fingerprint density at radius 3 is 2.84 bits per heavy atom. The van der Waals surface area contributed by atoms with Crippen molar-refractivity contribution in [3.8, 4) is 17.6 Å². The molecule has 100 valence electrons. The highest BCUT2D eigenvalue weighted by molar-refractivity contribution is 5.79. The molecule has 1 atom stereocenters. The van der Waals surface area contributed by atoms with E-state index < -0.39 is 0 Å². The van der Waals surface area contributed by atoms with Crippen molar-refractivity contribution in [3.05, 3.63) is 23.8 Å². The third-order valence-corrected chi connectivity index (χ3v) is 3.31. The van der Waals surface area contributed by atoms with E-state index in [-0.39, 0.29) is 11.9 Å². The van der Waals surface area contributed by atoms with Crippen molar-refractivity contribution < 1.29 is 14.3 Å². The molecular weight excluding hydrogens is 244 g/mol. The van der Waals surface area contributed by atoms with Gasteiger partial charge in [-0.15, -0.1) is 0 Å². The Morgan fingerprint density at radius 1 is 1.42 bits per heavy atom. The standard InChI is InChI=1S/C14H16N2O3/c1-18-12-5-3-10(13(7-12)19-2)9-16-11(8-15)4-6-14(16)17/h3,5,7,11H,4,6,9H2,1-2H3. The average Bonchev–Trinajstić information content (AvgIpc) is 2.80. The number of hydrogen-bond acceptors (Lipinski definition) is 4. The molecule has 19 heavy (non-hydrogen) atoms. The fourth-order valence-corrected chi connectivity index (χ4v) is 2.23. The van der Waals surface area contributed by atoms with Crippen LogP contribution in [-0.2, 0) is 11.3 Å². The zero-order valence-corrected chi connectivity index (χ0v) is 11.0. The smallest absolute Gasteiger partial charge is 0.224 e. The van der Waals surface area contributed by atoms with Crippen LogP contribution in [0.1, 0.15) is 18.4 Å². The van der Waals surface area contributed by atoms with Crippen molar-refractivity contribution in [2.45, 2.75) is 25.4 Å². The number of ether oxygens (including phenoxy) is 2. The third kappa shape index (κ3) is 2.63. The van der Waals surface area contributed by atoms with Crippen molar-refractivity contribution in [2.24, 2.45) is 0 Å². The van der Waals surface area contributed by atoms with Crippen LogP contribution in [0.25, 0.3) is 0 Å². The van der Waals surface area contributed by atoms with Gasteiger partial charge in [-0.25, -0.2) is 0 Å². The molecule has 0 aliphatic carbocycles. The van der Waals surface area contributed by atoms with Crippen molar-refractivity contribution in [1.82, 2.24) is 4.90 Å². The fraction of sp³-hybridized carbons (Fsp3) is 0.429.